The van der Waals surface area contributed by atoms with Gasteiger partial charge in [-0.3, -0.25) is 4.79 Å². The standard InChI is InChI=1S/C12H18N2O4S/c1-9(2)14-19(17,18)11-5-3-4-10(8-11)12(16)13-6-7-15/h3-5,8-9,14-15H,6-7H2,1-2H3,(H,13,16). The first-order valence-corrected chi connectivity index (χ1v) is 7.36. The Morgan fingerprint density at radius 3 is 2.63 bits per heavy atom. The number of carbonyl (C=O) groups excluding carboxylic acids is 1. The van der Waals surface area contributed by atoms with Gasteiger partial charge in [0.1, 0.15) is 0 Å². The molecule has 0 aliphatic heterocycles. The molecule has 0 spiro atoms. The van der Waals surface area contributed by atoms with Crippen molar-refractivity contribution < 1.29 is 18.3 Å². The van der Waals surface area contributed by atoms with Crippen molar-refractivity contribution in [1.29, 1.82) is 0 Å². The highest BCUT2D eigenvalue weighted by atomic mass is 32.2. The number of hydrogen-bond acceptors (Lipinski definition) is 4. The summed E-state index contributed by atoms with van der Waals surface area (Å²) < 4.78 is 26.3. The van der Waals surface area contributed by atoms with Crippen LogP contribution >= 0.6 is 0 Å². The molecule has 19 heavy (non-hydrogen) atoms. The normalized spacial score (nSPS) is 11.6. The molecule has 0 saturated heterocycles. The predicted octanol–water partition coefficient (Wildman–Crippen LogP) is 0.0954. The van der Waals surface area contributed by atoms with Crippen LogP contribution in [0.25, 0.3) is 0 Å². The maximum absolute atomic E-state index is 11.9. The third-order valence-electron chi connectivity index (χ3n) is 2.19. The maximum Gasteiger partial charge on any atom is 0.251 e. The molecule has 0 aromatic heterocycles. The van der Waals surface area contributed by atoms with Crippen LogP contribution in [0.3, 0.4) is 0 Å². The predicted molar refractivity (Wildman–Crippen MR) is 71.3 cm³/mol. The van der Waals surface area contributed by atoms with E-state index in [-0.39, 0.29) is 29.7 Å². The highest BCUT2D eigenvalue weighted by Crippen LogP contribution is 2.12. The van der Waals surface area contributed by atoms with Crippen LogP contribution in [0.5, 0.6) is 0 Å². The summed E-state index contributed by atoms with van der Waals surface area (Å²) in [7, 11) is -3.62. The zero-order valence-electron chi connectivity index (χ0n) is 10.9. The quantitative estimate of drug-likeness (QED) is 0.691. The largest absolute Gasteiger partial charge is 0.395 e. The summed E-state index contributed by atoms with van der Waals surface area (Å²) in [5, 5.41) is 11.1. The van der Waals surface area contributed by atoms with Gasteiger partial charge in [-0.2, -0.15) is 0 Å². The second-order valence-electron chi connectivity index (χ2n) is 4.28. The summed E-state index contributed by atoms with van der Waals surface area (Å²) in [5.74, 6) is -0.421. The van der Waals surface area contributed by atoms with Gasteiger partial charge in [0, 0.05) is 18.2 Å². The number of aliphatic hydroxyl groups is 1. The molecule has 0 atom stereocenters. The molecule has 0 heterocycles. The second-order valence-corrected chi connectivity index (χ2v) is 6.00. The first-order chi connectivity index (χ1) is 8.86. The summed E-state index contributed by atoms with van der Waals surface area (Å²) >= 11 is 0. The van der Waals surface area contributed by atoms with E-state index in [1.165, 1.54) is 24.3 Å². The molecule has 0 fully saturated rings. The van der Waals surface area contributed by atoms with Gasteiger partial charge in [-0.1, -0.05) is 6.07 Å². The lowest BCUT2D eigenvalue weighted by atomic mass is 10.2. The first-order valence-electron chi connectivity index (χ1n) is 5.88. The summed E-state index contributed by atoms with van der Waals surface area (Å²) in [6.45, 7) is 3.39. The topological polar surface area (TPSA) is 95.5 Å². The Bertz CT molecular complexity index is 540. The molecule has 0 aliphatic carbocycles. The zero-order chi connectivity index (χ0) is 14.5. The molecule has 0 unspecified atom stereocenters. The van der Waals surface area contributed by atoms with Crippen molar-refractivity contribution in [3.63, 3.8) is 0 Å². The number of benzene rings is 1. The van der Waals surface area contributed by atoms with E-state index in [0.29, 0.717) is 0 Å². The fraction of sp³-hybridized carbons (Fsp3) is 0.417. The van der Waals surface area contributed by atoms with Crippen LogP contribution in [0, 0.1) is 0 Å². The van der Waals surface area contributed by atoms with Crippen LogP contribution in [0.4, 0.5) is 0 Å². The van der Waals surface area contributed by atoms with E-state index < -0.39 is 15.9 Å². The van der Waals surface area contributed by atoms with Gasteiger partial charge >= 0.3 is 0 Å². The minimum Gasteiger partial charge on any atom is -0.395 e. The Morgan fingerprint density at radius 2 is 2.05 bits per heavy atom. The van der Waals surface area contributed by atoms with Crippen molar-refractivity contribution in [1.82, 2.24) is 10.0 Å². The fourth-order valence-electron chi connectivity index (χ4n) is 1.45. The number of rotatable bonds is 6. The molecule has 1 rings (SSSR count). The molecule has 1 amide bonds. The third-order valence-corrected chi connectivity index (χ3v) is 3.85. The average Bonchev–Trinajstić information content (AvgIpc) is 2.34. The molecular formula is C12H18N2O4S. The van der Waals surface area contributed by atoms with Gasteiger partial charge in [-0.15, -0.1) is 0 Å². The van der Waals surface area contributed by atoms with Gasteiger partial charge in [-0.25, -0.2) is 13.1 Å². The molecule has 3 N–H and O–H groups in total. The van der Waals surface area contributed by atoms with E-state index in [2.05, 4.69) is 10.0 Å². The minimum absolute atomic E-state index is 0.0397. The highest BCUT2D eigenvalue weighted by Gasteiger charge is 2.16. The Kier molecular flexibility index (Phi) is 5.46. The van der Waals surface area contributed by atoms with Gasteiger partial charge in [0.2, 0.25) is 10.0 Å². The van der Waals surface area contributed by atoms with E-state index in [9.17, 15) is 13.2 Å². The molecular weight excluding hydrogens is 268 g/mol. The van der Waals surface area contributed by atoms with Crippen molar-refractivity contribution in [2.24, 2.45) is 0 Å². The van der Waals surface area contributed by atoms with Crippen LogP contribution in [0.2, 0.25) is 0 Å². The molecule has 106 valence electrons. The van der Waals surface area contributed by atoms with Gasteiger partial charge in [0.15, 0.2) is 0 Å². The smallest absolute Gasteiger partial charge is 0.251 e. The molecule has 6 nitrogen and oxygen atoms in total. The summed E-state index contributed by atoms with van der Waals surface area (Å²) in [5.41, 5.74) is 0.236. The van der Waals surface area contributed by atoms with E-state index in [1.54, 1.807) is 13.8 Å². The van der Waals surface area contributed by atoms with Gasteiger partial charge in [-0.05, 0) is 32.0 Å². The van der Waals surface area contributed by atoms with Crippen molar-refractivity contribution in [2.75, 3.05) is 13.2 Å². The van der Waals surface area contributed by atoms with Crippen molar-refractivity contribution >= 4 is 15.9 Å². The van der Waals surface area contributed by atoms with Crippen molar-refractivity contribution in [3.05, 3.63) is 29.8 Å². The Morgan fingerprint density at radius 1 is 1.37 bits per heavy atom. The summed E-state index contributed by atoms with van der Waals surface area (Å²) in [4.78, 5) is 11.7. The van der Waals surface area contributed by atoms with Crippen LogP contribution in [0.15, 0.2) is 29.2 Å². The highest BCUT2D eigenvalue weighted by molar-refractivity contribution is 7.89. The molecule has 0 aliphatic rings. The van der Waals surface area contributed by atoms with Gasteiger partial charge in [0.05, 0.1) is 11.5 Å². The Labute approximate surface area is 112 Å². The molecule has 7 heteroatoms. The number of hydrogen-bond donors (Lipinski definition) is 3. The average molecular weight is 286 g/mol. The van der Waals surface area contributed by atoms with Gasteiger partial charge in [0.25, 0.3) is 5.91 Å². The molecule has 0 saturated carbocycles. The number of nitrogens with one attached hydrogen (secondary N) is 2. The van der Waals surface area contributed by atoms with Crippen molar-refractivity contribution in [3.8, 4) is 0 Å². The zero-order valence-corrected chi connectivity index (χ0v) is 11.7. The van der Waals surface area contributed by atoms with E-state index in [1.807, 2.05) is 0 Å². The van der Waals surface area contributed by atoms with Crippen LogP contribution < -0.4 is 10.0 Å². The van der Waals surface area contributed by atoms with Gasteiger partial charge < -0.3 is 10.4 Å². The maximum atomic E-state index is 11.9. The van der Waals surface area contributed by atoms with Crippen LogP contribution in [-0.2, 0) is 10.0 Å². The van der Waals surface area contributed by atoms with Crippen LogP contribution in [-0.4, -0.2) is 38.6 Å². The molecule has 0 bridgehead atoms. The molecule has 0 radical (unpaired) electrons. The molecule has 1 aromatic carbocycles. The van der Waals surface area contributed by atoms with E-state index in [0.717, 1.165) is 0 Å². The van der Waals surface area contributed by atoms with E-state index >= 15 is 0 Å². The number of aliphatic hydroxyl groups excluding tert-OH is 1. The number of sulfonamides is 1. The lowest BCUT2D eigenvalue weighted by molar-refractivity contribution is 0.0944. The molecule has 1 aromatic rings. The first kappa shape index (κ1) is 15.6. The Hall–Kier alpha value is -1.44. The number of carbonyl (C=O) groups is 1. The minimum atomic E-state index is -3.62. The third kappa shape index (κ3) is 4.62. The lowest BCUT2D eigenvalue weighted by Crippen LogP contribution is -2.31. The summed E-state index contributed by atoms with van der Waals surface area (Å²) in [6.07, 6.45) is 0. The monoisotopic (exact) mass is 286 g/mol. The van der Waals surface area contributed by atoms with Crippen molar-refractivity contribution in [2.45, 2.75) is 24.8 Å². The SMILES string of the molecule is CC(C)NS(=O)(=O)c1cccc(C(=O)NCCO)c1. The lowest BCUT2D eigenvalue weighted by Gasteiger charge is -2.10. The Balaban J connectivity index is 2.97. The van der Waals surface area contributed by atoms with E-state index in [4.69, 9.17) is 5.11 Å². The fourth-order valence-corrected chi connectivity index (χ4v) is 2.75. The summed E-state index contributed by atoms with van der Waals surface area (Å²) in [6, 6.07) is 5.52. The number of amides is 1. The van der Waals surface area contributed by atoms with Crippen LogP contribution in [0.1, 0.15) is 24.2 Å². The second kappa shape index (κ2) is 6.65.